The minimum absolute atomic E-state index is 0.124. The number of Topliss-reactive ketones (excluding diaryl/α,β-unsaturated/α-hetero) is 1. The molecule has 2 nitrogen and oxygen atoms in total. The van der Waals surface area contributed by atoms with Crippen LogP contribution in [0.5, 0.6) is 0 Å². The average Bonchev–Trinajstić information content (AvgIpc) is 2.17. The summed E-state index contributed by atoms with van der Waals surface area (Å²) in [4.78, 5) is 12.2. The van der Waals surface area contributed by atoms with Crippen molar-refractivity contribution >= 4 is 5.78 Å². The van der Waals surface area contributed by atoms with Crippen molar-refractivity contribution in [1.82, 2.24) is 0 Å². The molecule has 2 heteroatoms. The summed E-state index contributed by atoms with van der Waals surface area (Å²) in [5, 5.41) is 0. The molecule has 0 saturated carbocycles. The fourth-order valence-electron chi connectivity index (χ4n) is 2.33. The van der Waals surface area contributed by atoms with Crippen LogP contribution in [-0.4, -0.2) is 19.0 Å². The quantitative estimate of drug-likeness (QED) is 0.697. The van der Waals surface area contributed by atoms with Crippen LogP contribution < -0.4 is 0 Å². The number of rotatable bonds is 3. The zero-order chi connectivity index (χ0) is 10.8. The molecule has 1 aliphatic heterocycles. The zero-order valence-electron chi connectivity index (χ0n) is 9.80. The van der Waals surface area contributed by atoms with E-state index in [1.54, 1.807) is 0 Å². The Labute approximate surface area is 87.0 Å². The Hall–Kier alpha value is -0.370. The monoisotopic (exact) mass is 198 g/mol. The molecule has 1 fully saturated rings. The predicted molar refractivity (Wildman–Crippen MR) is 57.2 cm³/mol. The fourth-order valence-corrected chi connectivity index (χ4v) is 2.33. The molecule has 0 aromatic rings. The summed E-state index contributed by atoms with van der Waals surface area (Å²) in [5.41, 5.74) is -0.202. The molecule has 0 aromatic carbocycles. The average molecular weight is 198 g/mol. The van der Waals surface area contributed by atoms with Gasteiger partial charge >= 0.3 is 0 Å². The number of carbonyl (C=O) groups excluding carboxylic acids is 1. The lowest BCUT2D eigenvalue weighted by Gasteiger charge is -2.40. The number of carbonyl (C=O) groups is 1. The van der Waals surface area contributed by atoms with E-state index in [0.717, 1.165) is 19.4 Å². The molecule has 1 saturated heterocycles. The van der Waals surface area contributed by atoms with E-state index < -0.39 is 0 Å². The Morgan fingerprint density at radius 1 is 1.29 bits per heavy atom. The van der Waals surface area contributed by atoms with Crippen LogP contribution in [0.4, 0.5) is 0 Å². The first kappa shape index (κ1) is 11.7. The zero-order valence-corrected chi connectivity index (χ0v) is 9.80. The number of hydrogen-bond acceptors (Lipinski definition) is 2. The molecule has 0 N–H and O–H groups in total. The molecule has 0 radical (unpaired) electrons. The van der Waals surface area contributed by atoms with Crippen LogP contribution >= 0.6 is 0 Å². The molecule has 1 unspecified atom stereocenters. The van der Waals surface area contributed by atoms with Gasteiger partial charge in [-0.3, -0.25) is 4.79 Å². The van der Waals surface area contributed by atoms with E-state index in [9.17, 15) is 4.79 Å². The molecule has 1 aliphatic rings. The van der Waals surface area contributed by atoms with E-state index in [2.05, 4.69) is 13.8 Å². The Morgan fingerprint density at radius 2 is 1.93 bits per heavy atom. The summed E-state index contributed by atoms with van der Waals surface area (Å²) < 4.78 is 5.50. The summed E-state index contributed by atoms with van der Waals surface area (Å²) in [6.45, 7) is 9.69. The normalized spacial score (nSPS) is 28.4. The molecule has 0 aromatic heterocycles. The first-order valence-electron chi connectivity index (χ1n) is 5.63. The molecule has 0 aliphatic carbocycles. The molecule has 82 valence electrons. The number of ketones is 1. The largest absolute Gasteiger partial charge is 0.380 e. The molecule has 1 heterocycles. The van der Waals surface area contributed by atoms with Gasteiger partial charge in [-0.2, -0.15) is 0 Å². The summed E-state index contributed by atoms with van der Waals surface area (Å²) in [6, 6.07) is 0. The lowest BCUT2D eigenvalue weighted by Crippen LogP contribution is -2.45. The highest BCUT2D eigenvalue weighted by Gasteiger charge is 2.43. The van der Waals surface area contributed by atoms with Crippen LogP contribution in [0, 0.1) is 17.3 Å². The van der Waals surface area contributed by atoms with Crippen LogP contribution in [0.1, 0.15) is 40.5 Å². The fraction of sp³-hybridized carbons (Fsp3) is 0.917. The smallest absolute Gasteiger partial charge is 0.144 e. The van der Waals surface area contributed by atoms with Gasteiger partial charge in [0.2, 0.25) is 0 Å². The number of ether oxygens (including phenoxy) is 1. The predicted octanol–water partition coefficient (Wildman–Crippen LogP) is 2.66. The van der Waals surface area contributed by atoms with E-state index in [1.807, 2.05) is 13.8 Å². The molecule has 1 rings (SSSR count). The molecule has 0 amide bonds. The van der Waals surface area contributed by atoms with Gasteiger partial charge in [0.05, 0.1) is 12.0 Å². The topological polar surface area (TPSA) is 26.3 Å². The van der Waals surface area contributed by atoms with Gasteiger partial charge in [-0.1, -0.05) is 27.7 Å². The van der Waals surface area contributed by atoms with Crippen molar-refractivity contribution in [2.75, 3.05) is 13.2 Å². The minimum atomic E-state index is -0.202. The van der Waals surface area contributed by atoms with Gasteiger partial charge in [0.25, 0.3) is 0 Å². The number of hydrogen-bond donors (Lipinski definition) is 0. The first-order valence-corrected chi connectivity index (χ1v) is 5.63. The highest BCUT2D eigenvalue weighted by atomic mass is 16.5. The Bertz CT molecular complexity index is 200. The van der Waals surface area contributed by atoms with Crippen LogP contribution in [0.15, 0.2) is 0 Å². The minimum Gasteiger partial charge on any atom is -0.380 e. The van der Waals surface area contributed by atoms with Crippen molar-refractivity contribution in [2.24, 2.45) is 17.3 Å². The van der Waals surface area contributed by atoms with Crippen molar-refractivity contribution in [3.8, 4) is 0 Å². The van der Waals surface area contributed by atoms with Crippen molar-refractivity contribution < 1.29 is 9.53 Å². The molecule has 1 atom stereocenters. The van der Waals surface area contributed by atoms with Crippen molar-refractivity contribution in [1.29, 1.82) is 0 Å². The summed E-state index contributed by atoms with van der Waals surface area (Å²) in [5.74, 6) is 0.893. The molecular formula is C12H22O2. The molecule has 14 heavy (non-hydrogen) atoms. The second-order valence-corrected chi connectivity index (χ2v) is 4.99. The van der Waals surface area contributed by atoms with Crippen LogP contribution in [-0.2, 0) is 9.53 Å². The lowest BCUT2D eigenvalue weighted by atomic mass is 9.67. The highest BCUT2D eigenvalue weighted by molar-refractivity contribution is 5.87. The van der Waals surface area contributed by atoms with Gasteiger partial charge < -0.3 is 4.74 Å². The second kappa shape index (κ2) is 4.43. The Morgan fingerprint density at radius 3 is 2.29 bits per heavy atom. The van der Waals surface area contributed by atoms with Gasteiger partial charge in [-0.15, -0.1) is 0 Å². The third-order valence-electron chi connectivity index (χ3n) is 3.39. The molecular weight excluding hydrogens is 176 g/mol. The van der Waals surface area contributed by atoms with Crippen LogP contribution in [0.25, 0.3) is 0 Å². The summed E-state index contributed by atoms with van der Waals surface area (Å²) in [6.07, 6.45) is 2.03. The van der Waals surface area contributed by atoms with E-state index in [4.69, 9.17) is 4.74 Å². The van der Waals surface area contributed by atoms with E-state index in [1.165, 1.54) is 0 Å². The maximum absolute atomic E-state index is 12.2. The highest BCUT2D eigenvalue weighted by Crippen LogP contribution is 2.39. The van der Waals surface area contributed by atoms with Crippen molar-refractivity contribution in [2.45, 2.75) is 40.5 Å². The van der Waals surface area contributed by atoms with E-state index in [-0.39, 0.29) is 11.3 Å². The molecule has 0 bridgehead atoms. The maximum Gasteiger partial charge on any atom is 0.144 e. The maximum atomic E-state index is 12.2. The molecule has 0 spiro atoms. The Kier molecular flexibility index (Phi) is 3.71. The second-order valence-electron chi connectivity index (χ2n) is 4.99. The van der Waals surface area contributed by atoms with E-state index >= 15 is 0 Å². The van der Waals surface area contributed by atoms with Crippen molar-refractivity contribution in [3.63, 3.8) is 0 Å². The van der Waals surface area contributed by atoms with Crippen molar-refractivity contribution in [3.05, 3.63) is 0 Å². The summed E-state index contributed by atoms with van der Waals surface area (Å²) in [7, 11) is 0. The van der Waals surface area contributed by atoms with Crippen LogP contribution in [0.3, 0.4) is 0 Å². The van der Waals surface area contributed by atoms with Gasteiger partial charge in [-0.25, -0.2) is 0 Å². The van der Waals surface area contributed by atoms with Crippen LogP contribution in [0.2, 0.25) is 0 Å². The standard InChI is InChI=1S/C12H22O2/c1-9(2)11(13)12(10(3)4)6-5-7-14-8-12/h9-10H,5-8H2,1-4H3. The third-order valence-corrected chi connectivity index (χ3v) is 3.39. The lowest BCUT2D eigenvalue weighted by molar-refractivity contribution is -0.144. The third kappa shape index (κ3) is 2.00. The first-order chi connectivity index (χ1) is 6.50. The van der Waals surface area contributed by atoms with E-state index in [0.29, 0.717) is 18.3 Å². The van der Waals surface area contributed by atoms with Gasteiger partial charge in [0.15, 0.2) is 0 Å². The summed E-state index contributed by atoms with van der Waals surface area (Å²) >= 11 is 0. The Balaban J connectivity index is 2.85. The SMILES string of the molecule is CC(C)C(=O)C1(C(C)C)CCCOC1. The van der Waals surface area contributed by atoms with Gasteiger partial charge in [0, 0.05) is 12.5 Å². The van der Waals surface area contributed by atoms with Gasteiger partial charge in [-0.05, 0) is 18.8 Å². The van der Waals surface area contributed by atoms with Gasteiger partial charge in [0.1, 0.15) is 5.78 Å².